The van der Waals surface area contributed by atoms with Crippen LogP contribution < -0.4 is 0 Å². The zero-order chi connectivity index (χ0) is 26.4. The Kier molecular flexibility index (Phi) is 5.56. The molecule has 0 saturated carbocycles. The van der Waals surface area contributed by atoms with Crippen LogP contribution in [0, 0.1) is 0 Å². The van der Waals surface area contributed by atoms with Gasteiger partial charge in [0.25, 0.3) is 0 Å². The normalized spacial score (nSPS) is 13.5. The molecule has 6 aromatic rings. The molecule has 1 aliphatic carbocycles. The Bertz CT molecular complexity index is 1870. The van der Waals surface area contributed by atoms with Crippen molar-refractivity contribution in [2.75, 3.05) is 0 Å². The molecular formula is C39H30. The highest BCUT2D eigenvalue weighted by molar-refractivity contribution is 5.89. The first-order valence-corrected chi connectivity index (χ1v) is 13.7. The van der Waals surface area contributed by atoms with Gasteiger partial charge in [-0.15, -0.1) is 0 Å². The lowest BCUT2D eigenvalue weighted by Gasteiger charge is -2.22. The smallest absolute Gasteiger partial charge is 0.0159 e. The monoisotopic (exact) mass is 498 g/mol. The molecule has 0 spiro atoms. The maximum Gasteiger partial charge on any atom is 0.0159 e. The highest BCUT2D eigenvalue weighted by Crippen LogP contribution is 2.50. The van der Waals surface area contributed by atoms with Crippen molar-refractivity contribution >= 4 is 22.9 Å². The molecule has 0 radical (unpaired) electrons. The van der Waals surface area contributed by atoms with Crippen LogP contribution in [0.25, 0.3) is 56.3 Å². The second-order valence-corrected chi connectivity index (χ2v) is 11.1. The van der Waals surface area contributed by atoms with Crippen molar-refractivity contribution in [3.05, 3.63) is 156 Å². The van der Waals surface area contributed by atoms with Crippen LogP contribution in [-0.2, 0) is 5.41 Å². The van der Waals surface area contributed by atoms with Gasteiger partial charge in [-0.05, 0) is 84.6 Å². The lowest BCUT2D eigenvalue weighted by molar-refractivity contribution is 0.660. The van der Waals surface area contributed by atoms with E-state index in [9.17, 15) is 0 Å². The first-order chi connectivity index (χ1) is 19.1. The van der Waals surface area contributed by atoms with Crippen LogP contribution in [0.2, 0.25) is 0 Å². The standard InChI is InChI=1S/C39H30/c1-39(2)37-23-28(16-15-27-9-4-3-5-10-27)17-21-35(37)36-22-20-34(26-38(36)39)32-14-8-13-31(25-32)33-19-18-29-11-6-7-12-30(29)24-33/h3-26H,1-2H3/b16-15+. The van der Waals surface area contributed by atoms with Crippen molar-refractivity contribution < 1.29 is 0 Å². The molecule has 0 aliphatic heterocycles. The van der Waals surface area contributed by atoms with Gasteiger partial charge in [-0.25, -0.2) is 0 Å². The molecule has 0 N–H and O–H groups in total. The van der Waals surface area contributed by atoms with Crippen LogP contribution in [-0.4, -0.2) is 0 Å². The predicted octanol–water partition coefficient (Wildman–Crippen LogP) is 10.7. The predicted molar refractivity (Wildman–Crippen MR) is 168 cm³/mol. The van der Waals surface area contributed by atoms with Crippen LogP contribution in [0.15, 0.2) is 133 Å². The minimum Gasteiger partial charge on any atom is -0.0622 e. The number of hydrogen-bond donors (Lipinski definition) is 0. The van der Waals surface area contributed by atoms with Crippen molar-refractivity contribution in [2.45, 2.75) is 19.3 Å². The Morgan fingerprint density at radius 1 is 0.410 bits per heavy atom. The number of fused-ring (bicyclic) bond motifs is 4. The van der Waals surface area contributed by atoms with Crippen molar-refractivity contribution in [1.29, 1.82) is 0 Å². The van der Waals surface area contributed by atoms with E-state index in [0.717, 1.165) is 0 Å². The summed E-state index contributed by atoms with van der Waals surface area (Å²) in [4.78, 5) is 0. The SMILES string of the molecule is CC1(C)c2cc(/C=C/c3ccccc3)ccc2-c2ccc(-c3cccc(-c4ccc5ccccc5c4)c3)cc21. The topological polar surface area (TPSA) is 0 Å². The molecule has 7 rings (SSSR count). The Morgan fingerprint density at radius 2 is 1.00 bits per heavy atom. The molecule has 0 aromatic heterocycles. The summed E-state index contributed by atoms with van der Waals surface area (Å²) < 4.78 is 0. The van der Waals surface area contributed by atoms with Gasteiger partial charge in [-0.3, -0.25) is 0 Å². The highest BCUT2D eigenvalue weighted by atomic mass is 14.4. The van der Waals surface area contributed by atoms with Crippen LogP contribution in [0.5, 0.6) is 0 Å². The highest BCUT2D eigenvalue weighted by Gasteiger charge is 2.35. The molecule has 6 aromatic carbocycles. The van der Waals surface area contributed by atoms with Gasteiger partial charge in [0.15, 0.2) is 0 Å². The van der Waals surface area contributed by atoms with Gasteiger partial charge in [0.2, 0.25) is 0 Å². The Hall–Kier alpha value is -4.68. The van der Waals surface area contributed by atoms with Gasteiger partial charge in [-0.1, -0.05) is 141 Å². The van der Waals surface area contributed by atoms with E-state index in [1.54, 1.807) is 0 Å². The van der Waals surface area contributed by atoms with Gasteiger partial charge in [0, 0.05) is 5.41 Å². The summed E-state index contributed by atoms with van der Waals surface area (Å²) >= 11 is 0. The molecule has 0 heteroatoms. The van der Waals surface area contributed by atoms with E-state index in [1.165, 1.54) is 66.4 Å². The zero-order valence-corrected chi connectivity index (χ0v) is 22.4. The van der Waals surface area contributed by atoms with E-state index in [0.29, 0.717) is 0 Å². The third kappa shape index (κ3) is 4.19. The summed E-state index contributed by atoms with van der Waals surface area (Å²) in [5.41, 5.74) is 12.9. The maximum absolute atomic E-state index is 2.41. The molecule has 186 valence electrons. The Labute approximate surface area is 230 Å². The molecule has 0 amide bonds. The van der Waals surface area contributed by atoms with Crippen molar-refractivity contribution in [1.82, 2.24) is 0 Å². The molecule has 0 atom stereocenters. The first-order valence-electron chi connectivity index (χ1n) is 13.7. The number of rotatable bonds is 4. The fourth-order valence-electron chi connectivity index (χ4n) is 6.04. The van der Waals surface area contributed by atoms with E-state index in [4.69, 9.17) is 0 Å². The van der Waals surface area contributed by atoms with Crippen LogP contribution in [0.4, 0.5) is 0 Å². The number of benzene rings is 6. The average molecular weight is 499 g/mol. The van der Waals surface area contributed by atoms with Crippen molar-refractivity contribution in [2.24, 2.45) is 0 Å². The summed E-state index contributed by atoms with van der Waals surface area (Å²) in [6.07, 6.45) is 4.41. The summed E-state index contributed by atoms with van der Waals surface area (Å²) in [6, 6.07) is 48.7. The molecular weight excluding hydrogens is 468 g/mol. The Morgan fingerprint density at radius 3 is 1.79 bits per heavy atom. The molecule has 0 bridgehead atoms. The second kappa shape index (κ2) is 9.26. The molecule has 0 unspecified atom stereocenters. The number of hydrogen-bond acceptors (Lipinski definition) is 0. The van der Waals surface area contributed by atoms with E-state index in [2.05, 4.69) is 159 Å². The second-order valence-electron chi connectivity index (χ2n) is 11.1. The van der Waals surface area contributed by atoms with E-state index in [-0.39, 0.29) is 5.41 Å². The van der Waals surface area contributed by atoms with E-state index in [1.807, 2.05) is 0 Å². The largest absolute Gasteiger partial charge is 0.0622 e. The molecule has 0 saturated heterocycles. The minimum atomic E-state index is -0.0623. The third-order valence-corrected chi connectivity index (χ3v) is 8.25. The molecule has 0 heterocycles. The molecule has 39 heavy (non-hydrogen) atoms. The third-order valence-electron chi connectivity index (χ3n) is 8.25. The molecule has 0 nitrogen and oxygen atoms in total. The van der Waals surface area contributed by atoms with Crippen molar-refractivity contribution in [3.63, 3.8) is 0 Å². The fourth-order valence-corrected chi connectivity index (χ4v) is 6.04. The first kappa shape index (κ1) is 23.4. The summed E-state index contributed by atoms with van der Waals surface area (Å²) in [7, 11) is 0. The van der Waals surface area contributed by atoms with Gasteiger partial charge < -0.3 is 0 Å². The van der Waals surface area contributed by atoms with Gasteiger partial charge >= 0.3 is 0 Å². The quantitative estimate of drug-likeness (QED) is 0.212. The minimum absolute atomic E-state index is 0.0623. The zero-order valence-electron chi connectivity index (χ0n) is 22.4. The van der Waals surface area contributed by atoms with Crippen LogP contribution in [0.1, 0.15) is 36.1 Å². The van der Waals surface area contributed by atoms with E-state index < -0.39 is 0 Å². The summed E-state index contributed by atoms with van der Waals surface area (Å²) in [5, 5.41) is 2.55. The van der Waals surface area contributed by atoms with E-state index >= 15 is 0 Å². The molecule has 1 aliphatic rings. The van der Waals surface area contributed by atoms with Gasteiger partial charge in [-0.2, -0.15) is 0 Å². The maximum atomic E-state index is 2.41. The van der Waals surface area contributed by atoms with Crippen LogP contribution in [0.3, 0.4) is 0 Å². The van der Waals surface area contributed by atoms with Gasteiger partial charge in [0.1, 0.15) is 0 Å². The van der Waals surface area contributed by atoms with Crippen LogP contribution >= 0.6 is 0 Å². The molecule has 0 fully saturated rings. The lowest BCUT2D eigenvalue weighted by atomic mass is 9.81. The Balaban J connectivity index is 1.23. The summed E-state index contributed by atoms with van der Waals surface area (Å²) in [5.74, 6) is 0. The average Bonchev–Trinajstić information content (AvgIpc) is 3.22. The van der Waals surface area contributed by atoms with Crippen molar-refractivity contribution in [3.8, 4) is 33.4 Å². The lowest BCUT2D eigenvalue weighted by Crippen LogP contribution is -2.15. The summed E-state index contributed by atoms with van der Waals surface area (Å²) in [6.45, 7) is 4.72. The fraction of sp³-hybridized carbons (Fsp3) is 0.0769. The van der Waals surface area contributed by atoms with Gasteiger partial charge in [0.05, 0.1) is 0 Å².